The molecular weight excluding hydrogens is 511 g/mol. The van der Waals surface area contributed by atoms with Crippen molar-refractivity contribution >= 4 is 35.8 Å². The topological polar surface area (TPSA) is 95.2 Å². The maximum Gasteiger partial charge on any atom is 0.234 e. The molecule has 1 aromatic carbocycles. The van der Waals surface area contributed by atoms with E-state index in [0.717, 1.165) is 43.4 Å². The van der Waals surface area contributed by atoms with Crippen molar-refractivity contribution in [1.29, 1.82) is 0 Å². The number of carbonyl (C=O) groups is 1. The van der Waals surface area contributed by atoms with Gasteiger partial charge in [-0.15, -0.1) is 24.0 Å². The molecule has 3 rings (SSSR count). The standard InChI is InChI=1S/C21H30N6O3.HI/c1-22-21(24-14-18-16-30-20(25-18)17-6-4-3-5-7-17)27-11-9-26(10-12-27)15-19(28)23-8-13-29-2;/h3-7,16H,8-15H2,1-2H3,(H,22,24)(H,23,28);1H. The Morgan fingerprint density at radius 1 is 1.19 bits per heavy atom. The number of nitrogens with one attached hydrogen (secondary N) is 2. The van der Waals surface area contributed by atoms with E-state index in [2.05, 4.69) is 30.4 Å². The second-order valence-electron chi connectivity index (χ2n) is 7.02. The Kier molecular flexibility index (Phi) is 10.7. The van der Waals surface area contributed by atoms with Crippen molar-refractivity contribution in [2.75, 3.05) is 60.0 Å². The van der Waals surface area contributed by atoms with Crippen LogP contribution in [-0.4, -0.2) is 86.7 Å². The van der Waals surface area contributed by atoms with E-state index in [4.69, 9.17) is 9.15 Å². The number of amides is 1. The van der Waals surface area contributed by atoms with Crippen LogP contribution in [0.25, 0.3) is 11.5 Å². The van der Waals surface area contributed by atoms with Gasteiger partial charge in [-0.2, -0.15) is 0 Å². The number of aromatic nitrogens is 1. The number of hydrogen-bond donors (Lipinski definition) is 2. The molecule has 0 radical (unpaired) electrons. The molecule has 170 valence electrons. The quantitative estimate of drug-likeness (QED) is 0.226. The lowest BCUT2D eigenvalue weighted by Crippen LogP contribution is -2.54. The fourth-order valence-electron chi connectivity index (χ4n) is 3.27. The molecule has 0 saturated carbocycles. The van der Waals surface area contributed by atoms with Gasteiger partial charge in [-0.25, -0.2) is 4.98 Å². The van der Waals surface area contributed by atoms with Crippen molar-refractivity contribution in [1.82, 2.24) is 25.4 Å². The summed E-state index contributed by atoms with van der Waals surface area (Å²) in [6, 6.07) is 9.83. The molecule has 1 amide bonds. The van der Waals surface area contributed by atoms with Gasteiger partial charge in [0.25, 0.3) is 0 Å². The monoisotopic (exact) mass is 542 g/mol. The zero-order chi connectivity index (χ0) is 21.2. The Hall–Kier alpha value is -2.18. The number of piperazine rings is 1. The highest BCUT2D eigenvalue weighted by Crippen LogP contribution is 2.17. The number of benzene rings is 1. The third-order valence-corrected chi connectivity index (χ3v) is 4.88. The molecular formula is C21H31IN6O3. The number of carbonyl (C=O) groups excluding carboxylic acids is 1. The highest BCUT2D eigenvalue weighted by molar-refractivity contribution is 14.0. The van der Waals surface area contributed by atoms with E-state index in [-0.39, 0.29) is 29.9 Å². The SMILES string of the molecule is CN=C(NCc1coc(-c2ccccc2)n1)N1CCN(CC(=O)NCCOC)CC1.I. The van der Waals surface area contributed by atoms with E-state index in [0.29, 0.717) is 32.1 Å². The summed E-state index contributed by atoms with van der Waals surface area (Å²) in [5.74, 6) is 1.46. The first-order chi connectivity index (χ1) is 14.7. The fourth-order valence-corrected chi connectivity index (χ4v) is 3.27. The number of ether oxygens (including phenoxy) is 1. The first-order valence-corrected chi connectivity index (χ1v) is 10.1. The van der Waals surface area contributed by atoms with Crippen molar-refractivity contribution in [3.8, 4) is 11.5 Å². The minimum absolute atomic E-state index is 0. The molecule has 1 aliphatic rings. The zero-order valence-electron chi connectivity index (χ0n) is 18.0. The Morgan fingerprint density at radius 2 is 1.94 bits per heavy atom. The van der Waals surface area contributed by atoms with E-state index in [1.165, 1.54) is 0 Å². The van der Waals surface area contributed by atoms with Crippen LogP contribution in [0.5, 0.6) is 0 Å². The predicted molar refractivity (Wildman–Crippen MR) is 130 cm³/mol. The number of nitrogens with zero attached hydrogens (tertiary/aromatic N) is 4. The lowest BCUT2D eigenvalue weighted by atomic mass is 10.2. The number of rotatable bonds is 8. The van der Waals surface area contributed by atoms with Crippen LogP contribution in [0.1, 0.15) is 5.69 Å². The van der Waals surface area contributed by atoms with E-state index in [1.54, 1.807) is 20.4 Å². The molecule has 0 spiro atoms. The number of methoxy groups -OCH3 is 1. The van der Waals surface area contributed by atoms with E-state index in [9.17, 15) is 4.79 Å². The van der Waals surface area contributed by atoms with Gasteiger partial charge in [0.05, 0.1) is 25.4 Å². The van der Waals surface area contributed by atoms with Gasteiger partial charge < -0.3 is 24.7 Å². The second-order valence-corrected chi connectivity index (χ2v) is 7.02. The highest BCUT2D eigenvalue weighted by atomic mass is 127. The number of hydrogen-bond acceptors (Lipinski definition) is 6. The van der Waals surface area contributed by atoms with Gasteiger partial charge in [-0.1, -0.05) is 18.2 Å². The van der Waals surface area contributed by atoms with E-state index < -0.39 is 0 Å². The first kappa shape index (κ1) is 25.1. The van der Waals surface area contributed by atoms with Crippen LogP contribution >= 0.6 is 24.0 Å². The van der Waals surface area contributed by atoms with Gasteiger partial charge in [0, 0.05) is 52.4 Å². The Balaban J connectivity index is 0.00000341. The van der Waals surface area contributed by atoms with Gasteiger partial charge >= 0.3 is 0 Å². The van der Waals surface area contributed by atoms with Crippen LogP contribution in [0.3, 0.4) is 0 Å². The number of guanidine groups is 1. The zero-order valence-corrected chi connectivity index (χ0v) is 20.4. The molecule has 0 atom stereocenters. The maximum atomic E-state index is 11.9. The number of aliphatic imine (C=N–C) groups is 1. The molecule has 2 N–H and O–H groups in total. The highest BCUT2D eigenvalue weighted by Gasteiger charge is 2.21. The van der Waals surface area contributed by atoms with Crippen molar-refractivity contribution in [3.05, 3.63) is 42.3 Å². The third-order valence-electron chi connectivity index (χ3n) is 4.88. The smallest absolute Gasteiger partial charge is 0.234 e. The molecule has 1 aliphatic heterocycles. The summed E-state index contributed by atoms with van der Waals surface area (Å²) in [5.41, 5.74) is 1.77. The molecule has 1 saturated heterocycles. The van der Waals surface area contributed by atoms with Crippen molar-refractivity contribution in [3.63, 3.8) is 0 Å². The van der Waals surface area contributed by atoms with Crippen LogP contribution in [0.15, 0.2) is 46.0 Å². The van der Waals surface area contributed by atoms with Gasteiger partial charge in [0.15, 0.2) is 5.96 Å². The average Bonchev–Trinajstić information content (AvgIpc) is 3.25. The van der Waals surface area contributed by atoms with Crippen LogP contribution in [0.2, 0.25) is 0 Å². The third kappa shape index (κ3) is 7.78. The summed E-state index contributed by atoms with van der Waals surface area (Å²) < 4.78 is 10.5. The molecule has 31 heavy (non-hydrogen) atoms. The molecule has 10 heteroatoms. The summed E-state index contributed by atoms with van der Waals surface area (Å²) >= 11 is 0. The molecule has 1 aromatic heterocycles. The van der Waals surface area contributed by atoms with Crippen LogP contribution < -0.4 is 10.6 Å². The van der Waals surface area contributed by atoms with Crippen molar-refractivity contribution in [2.24, 2.45) is 4.99 Å². The Labute approximate surface area is 200 Å². The normalized spacial score (nSPS) is 14.8. The van der Waals surface area contributed by atoms with E-state index >= 15 is 0 Å². The molecule has 0 aliphatic carbocycles. The van der Waals surface area contributed by atoms with Gasteiger partial charge in [-0.05, 0) is 12.1 Å². The molecule has 2 heterocycles. The minimum Gasteiger partial charge on any atom is -0.444 e. The molecule has 0 bridgehead atoms. The number of halogens is 1. The summed E-state index contributed by atoms with van der Waals surface area (Å²) in [6.45, 7) is 5.23. The van der Waals surface area contributed by atoms with Crippen molar-refractivity contribution in [2.45, 2.75) is 6.54 Å². The molecule has 2 aromatic rings. The molecule has 1 fully saturated rings. The summed E-state index contributed by atoms with van der Waals surface area (Å²) in [5, 5.41) is 6.21. The summed E-state index contributed by atoms with van der Waals surface area (Å²) in [7, 11) is 3.40. The maximum absolute atomic E-state index is 11.9. The van der Waals surface area contributed by atoms with E-state index in [1.807, 2.05) is 30.3 Å². The lowest BCUT2D eigenvalue weighted by molar-refractivity contribution is -0.122. The second kappa shape index (κ2) is 13.3. The minimum atomic E-state index is 0. The Morgan fingerprint density at radius 3 is 2.61 bits per heavy atom. The van der Waals surface area contributed by atoms with Crippen LogP contribution in [0, 0.1) is 0 Å². The Bertz CT molecular complexity index is 822. The van der Waals surface area contributed by atoms with Gasteiger partial charge in [0.1, 0.15) is 6.26 Å². The summed E-state index contributed by atoms with van der Waals surface area (Å²) in [4.78, 5) is 25.2. The summed E-state index contributed by atoms with van der Waals surface area (Å²) in [6.07, 6.45) is 1.67. The first-order valence-electron chi connectivity index (χ1n) is 10.1. The molecule has 9 nitrogen and oxygen atoms in total. The lowest BCUT2D eigenvalue weighted by Gasteiger charge is -2.36. The largest absolute Gasteiger partial charge is 0.444 e. The fraction of sp³-hybridized carbons (Fsp3) is 0.476. The van der Waals surface area contributed by atoms with Gasteiger partial charge in [0.2, 0.25) is 11.8 Å². The average molecular weight is 542 g/mol. The molecule has 0 unspecified atom stereocenters. The predicted octanol–water partition coefficient (Wildman–Crippen LogP) is 1.42. The van der Waals surface area contributed by atoms with Crippen LogP contribution in [0.4, 0.5) is 0 Å². The number of oxazole rings is 1. The van der Waals surface area contributed by atoms with Crippen molar-refractivity contribution < 1.29 is 13.9 Å². The van der Waals surface area contributed by atoms with Gasteiger partial charge in [-0.3, -0.25) is 14.7 Å². The van der Waals surface area contributed by atoms with Crippen LogP contribution in [-0.2, 0) is 16.1 Å².